The fourth-order valence-corrected chi connectivity index (χ4v) is 5.38. The molecule has 34 heavy (non-hydrogen) atoms. The van der Waals surface area contributed by atoms with E-state index in [1.807, 2.05) is 0 Å². The number of hydrogen-bond donors (Lipinski definition) is 1. The molecule has 0 atom stereocenters. The summed E-state index contributed by atoms with van der Waals surface area (Å²) in [5.41, 5.74) is 0.850. The lowest BCUT2D eigenvalue weighted by Crippen LogP contribution is -2.18. The molecule has 0 saturated heterocycles. The molecule has 2 saturated carbocycles. The van der Waals surface area contributed by atoms with Crippen molar-refractivity contribution >= 4 is 0 Å². The minimum atomic E-state index is -1.06. The van der Waals surface area contributed by atoms with Crippen LogP contribution in [-0.2, 0) is 0 Å². The van der Waals surface area contributed by atoms with Crippen molar-refractivity contribution in [3.8, 4) is 17.6 Å². The van der Waals surface area contributed by atoms with Gasteiger partial charge in [-0.05, 0) is 92.4 Å². The van der Waals surface area contributed by atoms with Crippen molar-refractivity contribution in [2.45, 2.75) is 63.2 Å². The van der Waals surface area contributed by atoms with Gasteiger partial charge in [-0.15, -0.1) is 0 Å². The van der Waals surface area contributed by atoms with E-state index in [-0.39, 0.29) is 41.6 Å². The van der Waals surface area contributed by atoms with Gasteiger partial charge in [-0.2, -0.15) is 4.39 Å². The van der Waals surface area contributed by atoms with Crippen molar-refractivity contribution in [1.29, 1.82) is 0 Å². The molecule has 6 heteroatoms. The molecule has 2 aromatic rings. The van der Waals surface area contributed by atoms with Gasteiger partial charge in [0.15, 0.2) is 23.2 Å². The molecule has 4 rings (SSSR count). The molecule has 0 amide bonds. The number of ether oxygens (including phenoxy) is 1. The third kappa shape index (κ3) is 5.10. The van der Waals surface area contributed by atoms with Crippen LogP contribution < -0.4 is 4.74 Å². The maximum Gasteiger partial charge on any atom is 0.201 e. The molecule has 0 spiro atoms. The molecule has 0 aromatic heterocycles. The van der Waals surface area contributed by atoms with Crippen LogP contribution in [0.5, 0.6) is 5.75 Å². The largest absolute Gasteiger partial charge is 0.494 e. The van der Waals surface area contributed by atoms with Crippen molar-refractivity contribution in [2.24, 2.45) is 11.8 Å². The van der Waals surface area contributed by atoms with Crippen LogP contribution in [-0.4, -0.2) is 18.8 Å². The van der Waals surface area contributed by atoms with Crippen LogP contribution in [0.4, 0.5) is 17.6 Å². The molecule has 0 unspecified atom stereocenters. The first-order chi connectivity index (χ1) is 16.4. The van der Waals surface area contributed by atoms with Crippen LogP contribution in [0.1, 0.15) is 79.9 Å². The van der Waals surface area contributed by atoms with Gasteiger partial charge in [0, 0.05) is 12.5 Å². The quantitative estimate of drug-likeness (QED) is 0.388. The van der Waals surface area contributed by atoms with E-state index in [2.05, 4.69) is 11.8 Å². The Morgan fingerprint density at radius 3 is 1.85 bits per heavy atom. The Balaban J connectivity index is 1.40. The maximum absolute atomic E-state index is 15.0. The van der Waals surface area contributed by atoms with Crippen LogP contribution in [0, 0.1) is 46.9 Å². The molecular formula is C28H30F4O2. The van der Waals surface area contributed by atoms with Crippen LogP contribution in [0.3, 0.4) is 0 Å². The van der Waals surface area contributed by atoms with E-state index >= 15 is 4.39 Å². The Bertz CT molecular complexity index is 1070. The summed E-state index contributed by atoms with van der Waals surface area (Å²) in [6.45, 7) is 0.154. The van der Waals surface area contributed by atoms with Crippen molar-refractivity contribution in [2.75, 3.05) is 13.7 Å². The predicted octanol–water partition coefficient (Wildman–Crippen LogP) is 6.84. The predicted molar refractivity (Wildman–Crippen MR) is 123 cm³/mol. The first-order valence-electron chi connectivity index (χ1n) is 12.0. The van der Waals surface area contributed by atoms with Crippen molar-refractivity contribution in [1.82, 2.24) is 0 Å². The van der Waals surface area contributed by atoms with Crippen LogP contribution >= 0.6 is 0 Å². The van der Waals surface area contributed by atoms with Gasteiger partial charge < -0.3 is 9.84 Å². The van der Waals surface area contributed by atoms with E-state index in [0.29, 0.717) is 36.8 Å². The highest BCUT2D eigenvalue weighted by Crippen LogP contribution is 2.41. The van der Waals surface area contributed by atoms with Gasteiger partial charge in [0.1, 0.15) is 0 Å². The zero-order chi connectivity index (χ0) is 24.2. The number of benzene rings is 2. The van der Waals surface area contributed by atoms with Gasteiger partial charge >= 0.3 is 0 Å². The van der Waals surface area contributed by atoms with Crippen molar-refractivity contribution < 1.29 is 27.4 Å². The maximum atomic E-state index is 15.0. The normalized spacial score (nSPS) is 24.9. The third-order valence-corrected chi connectivity index (χ3v) is 7.53. The van der Waals surface area contributed by atoms with E-state index in [9.17, 15) is 18.3 Å². The van der Waals surface area contributed by atoms with Crippen molar-refractivity contribution in [3.63, 3.8) is 0 Å². The molecule has 2 aromatic carbocycles. The summed E-state index contributed by atoms with van der Waals surface area (Å²) in [5.74, 6) is 2.21. The van der Waals surface area contributed by atoms with E-state index in [4.69, 9.17) is 4.74 Å². The van der Waals surface area contributed by atoms with Gasteiger partial charge in [0.25, 0.3) is 0 Å². The fraction of sp³-hybridized carbons (Fsp3) is 0.500. The molecule has 2 aliphatic carbocycles. The van der Waals surface area contributed by atoms with Gasteiger partial charge in [-0.1, -0.05) is 24.0 Å². The Hall–Kier alpha value is -2.52. The highest BCUT2D eigenvalue weighted by atomic mass is 19.2. The van der Waals surface area contributed by atoms with E-state index < -0.39 is 23.3 Å². The Morgan fingerprint density at radius 2 is 1.32 bits per heavy atom. The second kappa shape index (κ2) is 10.8. The third-order valence-electron chi connectivity index (χ3n) is 7.53. The number of aliphatic hydroxyl groups excluding tert-OH is 1. The first kappa shape index (κ1) is 24.6. The smallest absolute Gasteiger partial charge is 0.201 e. The Morgan fingerprint density at radius 1 is 0.765 bits per heavy atom. The van der Waals surface area contributed by atoms with E-state index in [0.717, 1.165) is 25.7 Å². The van der Waals surface area contributed by atoms with Gasteiger partial charge in [-0.25, -0.2) is 13.2 Å². The number of hydrogen-bond acceptors (Lipinski definition) is 2. The highest BCUT2D eigenvalue weighted by molar-refractivity contribution is 5.41. The van der Waals surface area contributed by atoms with Crippen LogP contribution in [0.15, 0.2) is 24.3 Å². The number of rotatable bonds is 4. The lowest BCUT2D eigenvalue weighted by atomic mass is 9.76. The summed E-state index contributed by atoms with van der Waals surface area (Å²) in [6, 6.07) is 6.22. The minimum absolute atomic E-state index is 0.000507. The summed E-state index contributed by atoms with van der Waals surface area (Å²) in [4.78, 5) is 0. The van der Waals surface area contributed by atoms with Crippen LogP contribution in [0.2, 0.25) is 0 Å². The van der Waals surface area contributed by atoms with Gasteiger partial charge in [0.2, 0.25) is 5.82 Å². The molecule has 1 N–H and O–H groups in total. The van der Waals surface area contributed by atoms with Crippen molar-refractivity contribution in [3.05, 3.63) is 64.2 Å². The van der Waals surface area contributed by atoms with E-state index in [1.165, 1.54) is 19.2 Å². The lowest BCUT2D eigenvalue weighted by molar-refractivity contribution is 0.181. The summed E-state index contributed by atoms with van der Waals surface area (Å²) in [7, 11) is 1.27. The zero-order valence-corrected chi connectivity index (χ0v) is 19.4. The number of aliphatic hydroxyl groups is 1. The minimum Gasteiger partial charge on any atom is -0.494 e. The molecule has 2 nitrogen and oxygen atoms in total. The standard InChI is InChI=1S/C28H30F4O2/c1-34-24-15-12-21(25(29)28(24)32)11-4-17-2-7-19(8-3-17)22-13-14-23(27(31)26(22)30)20-9-5-18(16-33)6-10-20/h12-15,17-20,33H,2-3,5-10,16H2,1H3. The average Bonchev–Trinajstić information content (AvgIpc) is 2.87. The molecule has 0 aliphatic heterocycles. The highest BCUT2D eigenvalue weighted by Gasteiger charge is 2.29. The lowest BCUT2D eigenvalue weighted by Gasteiger charge is -2.29. The molecule has 2 fully saturated rings. The molecule has 2 aliphatic rings. The molecule has 0 bridgehead atoms. The second-order valence-electron chi connectivity index (χ2n) is 9.53. The summed E-state index contributed by atoms with van der Waals surface area (Å²) < 4.78 is 62.8. The molecule has 0 radical (unpaired) electrons. The topological polar surface area (TPSA) is 29.5 Å². The monoisotopic (exact) mass is 474 g/mol. The van der Waals surface area contributed by atoms with Gasteiger partial charge in [0.05, 0.1) is 12.7 Å². The molecule has 182 valence electrons. The SMILES string of the molecule is COc1ccc(C#CC2CCC(c3ccc(C4CCC(CO)CC4)c(F)c3F)CC2)c(F)c1F. The summed E-state index contributed by atoms with van der Waals surface area (Å²) >= 11 is 0. The number of methoxy groups -OCH3 is 1. The van der Waals surface area contributed by atoms with E-state index in [1.54, 1.807) is 12.1 Å². The first-order valence-corrected chi connectivity index (χ1v) is 12.0. The fourth-order valence-electron chi connectivity index (χ4n) is 5.38. The van der Waals surface area contributed by atoms with Crippen LogP contribution in [0.25, 0.3) is 0 Å². The Labute approximate surface area is 198 Å². The Kier molecular flexibility index (Phi) is 7.83. The number of halogens is 4. The molecular weight excluding hydrogens is 444 g/mol. The summed E-state index contributed by atoms with van der Waals surface area (Å²) in [5, 5.41) is 9.30. The zero-order valence-electron chi connectivity index (χ0n) is 19.4. The molecule has 0 heterocycles. The second-order valence-corrected chi connectivity index (χ2v) is 9.53. The van der Waals surface area contributed by atoms with Gasteiger partial charge in [-0.3, -0.25) is 0 Å². The average molecular weight is 475 g/mol. The summed E-state index contributed by atoms with van der Waals surface area (Å²) in [6.07, 6.45) is 5.90.